The standard InChI is InChI=1S/C17H25N3/c1-4-20(5-2)14(3)10-12-18-17-11-13-19-16-9-7-6-8-15(16)17/h6-9,11,13-14H,4-5,10,12H2,1-3H3,(H,18,19). The lowest BCUT2D eigenvalue weighted by molar-refractivity contribution is 0.224. The van der Waals surface area contributed by atoms with Crippen LogP contribution in [0.1, 0.15) is 27.2 Å². The predicted octanol–water partition coefficient (Wildman–Crippen LogP) is 3.77. The molecule has 0 saturated heterocycles. The summed E-state index contributed by atoms with van der Waals surface area (Å²) in [6.07, 6.45) is 3.02. The molecule has 1 heterocycles. The van der Waals surface area contributed by atoms with Gasteiger partial charge in [-0.15, -0.1) is 0 Å². The predicted molar refractivity (Wildman–Crippen MR) is 87.2 cm³/mol. The quantitative estimate of drug-likeness (QED) is 0.831. The molecule has 3 nitrogen and oxygen atoms in total. The maximum atomic E-state index is 4.39. The number of para-hydroxylation sites is 1. The lowest BCUT2D eigenvalue weighted by atomic mass is 10.1. The van der Waals surface area contributed by atoms with Gasteiger partial charge in [0.1, 0.15) is 0 Å². The summed E-state index contributed by atoms with van der Waals surface area (Å²) in [4.78, 5) is 6.88. The van der Waals surface area contributed by atoms with Gasteiger partial charge >= 0.3 is 0 Å². The van der Waals surface area contributed by atoms with Gasteiger partial charge in [-0.2, -0.15) is 0 Å². The summed E-state index contributed by atoms with van der Waals surface area (Å²) in [5, 5.41) is 4.75. The fourth-order valence-corrected chi connectivity index (χ4v) is 2.70. The first-order valence-corrected chi connectivity index (χ1v) is 7.58. The first kappa shape index (κ1) is 14.8. The molecule has 0 aliphatic rings. The Balaban J connectivity index is 1.96. The zero-order chi connectivity index (χ0) is 14.4. The molecule has 1 N–H and O–H groups in total. The fourth-order valence-electron chi connectivity index (χ4n) is 2.70. The summed E-state index contributed by atoms with van der Waals surface area (Å²) in [7, 11) is 0. The van der Waals surface area contributed by atoms with E-state index in [1.807, 2.05) is 12.3 Å². The van der Waals surface area contributed by atoms with Crippen LogP contribution in [0.3, 0.4) is 0 Å². The van der Waals surface area contributed by atoms with Gasteiger partial charge in [-0.05, 0) is 38.6 Å². The Morgan fingerprint density at radius 1 is 1.15 bits per heavy atom. The van der Waals surface area contributed by atoms with Crippen molar-refractivity contribution in [1.82, 2.24) is 9.88 Å². The van der Waals surface area contributed by atoms with Crippen molar-refractivity contribution in [2.75, 3.05) is 25.0 Å². The van der Waals surface area contributed by atoms with E-state index in [2.05, 4.69) is 60.2 Å². The minimum absolute atomic E-state index is 0.616. The largest absolute Gasteiger partial charge is 0.384 e. The van der Waals surface area contributed by atoms with Crippen LogP contribution < -0.4 is 5.32 Å². The van der Waals surface area contributed by atoms with Gasteiger partial charge in [0.05, 0.1) is 5.52 Å². The van der Waals surface area contributed by atoms with E-state index in [9.17, 15) is 0 Å². The first-order chi connectivity index (χ1) is 9.76. The molecule has 108 valence electrons. The summed E-state index contributed by atoms with van der Waals surface area (Å²) in [5.74, 6) is 0. The molecule has 1 aromatic carbocycles. The number of nitrogens with one attached hydrogen (secondary N) is 1. The molecule has 0 fully saturated rings. The Labute approximate surface area is 122 Å². The number of rotatable bonds is 7. The lowest BCUT2D eigenvalue weighted by Crippen LogP contribution is -2.34. The van der Waals surface area contributed by atoms with E-state index in [4.69, 9.17) is 0 Å². The molecule has 20 heavy (non-hydrogen) atoms. The van der Waals surface area contributed by atoms with Crippen LogP contribution in [0.2, 0.25) is 0 Å². The van der Waals surface area contributed by atoms with E-state index in [1.54, 1.807) is 0 Å². The van der Waals surface area contributed by atoms with Crippen LogP contribution in [0.4, 0.5) is 5.69 Å². The second-order valence-corrected chi connectivity index (χ2v) is 5.16. The maximum Gasteiger partial charge on any atom is 0.0722 e. The molecule has 2 rings (SSSR count). The van der Waals surface area contributed by atoms with E-state index < -0.39 is 0 Å². The summed E-state index contributed by atoms with van der Waals surface area (Å²) >= 11 is 0. The molecule has 0 amide bonds. The number of hydrogen-bond donors (Lipinski definition) is 1. The summed E-state index contributed by atoms with van der Waals surface area (Å²) in [6.45, 7) is 9.99. The number of fused-ring (bicyclic) bond motifs is 1. The molecule has 1 unspecified atom stereocenters. The van der Waals surface area contributed by atoms with Crippen molar-refractivity contribution < 1.29 is 0 Å². The Hall–Kier alpha value is -1.61. The highest BCUT2D eigenvalue weighted by Crippen LogP contribution is 2.20. The minimum atomic E-state index is 0.616. The Morgan fingerprint density at radius 3 is 2.65 bits per heavy atom. The van der Waals surface area contributed by atoms with Crippen molar-refractivity contribution in [3.63, 3.8) is 0 Å². The topological polar surface area (TPSA) is 28.2 Å². The Bertz CT molecular complexity index is 529. The molecular weight excluding hydrogens is 246 g/mol. The Morgan fingerprint density at radius 2 is 1.90 bits per heavy atom. The molecule has 0 saturated carbocycles. The van der Waals surface area contributed by atoms with E-state index in [-0.39, 0.29) is 0 Å². The number of benzene rings is 1. The summed E-state index contributed by atoms with van der Waals surface area (Å²) in [6, 6.07) is 10.9. The molecular formula is C17H25N3. The van der Waals surface area contributed by atoms with Crippen LogP contribution in [-0.2, 0) is 0 Å². The van der Waals surface area contributed by atoms with Gasteiger partial charge in [0.15, 0.2) is 0 Å². The van der Waals surface area contributed by atoms with Crippen LogP contribution in [0.15, 0.2) is 36.5 Å². The van der Waals surface area contributed by atoms with E-state index in [1.165, 1.54) is 11.1 Å². The smallest absolute Gasteiger partial charge is 0.0722 e. The third kappa shape index (κ3) is 3.48. The molecule has 3 heteroatoms. The molecule has 1 aromatic heterocycles. The molecule has 1 atom stereocenters. The summed E-state index contributed by atoms with van der Waals surface area (Å²) in [5.41, 5.74) is 2.23. The van der Waals surface area contributed by atoms with Crippen molar-refractivity contribution in [3.8, 4) is 0 Å². The maximum absolute atomic E-state index is 4.39. The van der Waals surface area contributed by atoms with Gasteiger partial charge in [0, 0.05) is 29.9 Å². The number of pyridine rings is 1. The van der Waals surface area contributed by atoms with Crippen LogP contribution in [0.25, 0.3) is 10.9 Å². The van der Waals surface area contributed by atoms with Gasteiger partial charge in [-0.3, -0.25) is 4.98 Å². The fraction of sp³-hybridized carbons (Fsp3) is 0.471. The highest BCUT2D eigenvalue weighted by Gasteiger charge is 2.09. The molecule has 0 aliphatic heterocycles. The highest BCUT2D eigenvalue weighted by atomic mass is 15.1. The third-order valence-corrected chi connectivity index (χ3v) is 3.96. The average Bonchev–Trinajstić information content (AvgIpc) is 2.49. The van der Waals surface area contributed by atoms with Gasteiger partial charge in [-0.1, -0.05) is 32.0 Å². The van der Waals surface area contributed by atoms with Crippen LogP contribution >= 0.6 is 0 Å². The van der Waals surface area contributed by atoms with Gasteiger partial charge in [0.2, 0.25) is 0 Å². The SMILES string of the molecule is CCN(CC)C(C)CCNc1ccnc2ccccc12. The lowest BCUT2D eigenvalue weighted by Gasteiger charge is -2.26. The zero-order valence-corrected chi connectivity index (χ0v) is 12.8. The zero-order valence-electron chi connectivity index (χ0n) is 12.8. The minimum Gasteiger partial charge on any atom is -0.384 e. The van der Waals surface area contributed by atoms with Crippen LogP contribution in [0.5, 0.6) is 0 Å². The van der Waals surface area contributed by atoms with Crippen molar-refractivity contribution in [2.45, 2.75) is 33.2 Å². The van der Waals surface area contributed by atoms with E-state index in [0.29, 0.717) is 6.04 Å². The van der Waals surface area contributed by atoms with Crippen LogP contribution in [0, 0.1) is 0 Å². The van der Waals surface area contributed by atoms with Crippen molar-refractivity contribution in [1.29, 1.82) is 0 Å². The summed E-state index contributed by atoms with van der Waals surface area (Å²) < 4.78 is 0. The molecule has 0 spiro atoms. The van der Waals surface area contributed by atoms with Gasteiger partial charge in [-0.25, -0.2) is 0 Å². The van der Waals surface area contributed by atoms with Crippen molar-refractivity contribution in [3.05, 3.63) is 36.5 Å². The third-order valence-electron chi connectivity index (χ3n) is 3.96. The van der Waals surface area contributed by atoms with Crippen molar-refractivity contribution >= 4 is 16.6 Å². The van der Waals surface area contributed by atoms with E-state index in [0.717, 1.165) is 31.6 Å². The second-order valence-electron chi connectivity index (χ2n) is 5.16. The average molecular weight is 271 g/mol. The van der Waals surface area contributed by atoms with Gasteiger partial charge in [0.25, 0.3) is 0 Å². The molecule has 2 aromatic rings. The second kappa shape index (κ2) is 7.25. The first-order valence-electron chi connectivity index (χ1n) is 7.58. The molecule has 0 radical (unpaired) electrons. The number of anilines is 1. The normalized spacial score (nSPS) is 12.8. The number of hydrogen-bond acceptors (Lipinski definition) is 3. The highest BCUT2D eigenvalue weighted by molar-refractivity contribution is 5.90. The Kier molecular flexibility index (Phi) is 5.36. The molecule has 0 bridgehead atoms. The number of aromatic nitrogens is 1. The van der Waals surface area contributed by atoms with Crippen LogP contribution in [-0.4, -0.2) is 35.6 Å². The molecule has 0 aliphatic carbocycles. The van der Waals surface area contributed by atoms with Gasteiger partial charge < -0.3 is 10.2 Å². The van der Waals surface area contributed by atoms with Crippen molar-refractivity contribution in [2.24, 2.45) is 0 Å². The number of nitrogens with zero attached hydrogens (tertiary/aromatic N) is 2. The van der Waals surface area contributed by atoms with E-state index >= 15 is 0 Å². The monoisotopic (exact) mass is 271 g/mol.